The van der Waals surface area contributed by atoms with E-state index < -0.39 is 0 Å². The number of H-pyrrole nitrogens is 1. The van der Waals surface area contributed by atoms with Gasteiger partial charge in [-0.3, -0.25) is 4.90 Å². The summed E-state index contributed by atoms with van der Waals surface area (Å²) >= 11 is 0. The van der Waals surface area contributed by atoms with Crippen LogP contribution in [0, 0.1) is 0 Å². The topological polar surface area (TPSA) is 66.9 Å². The highest BCUT2D eigenvalue weighted by atomic mass is 16.5. The van der Waals surface area contributed by atoms with E-state index in [4.69, 9.17) is 4.74 Å². The first kappa shape index (κ1) is 13.2. The van der Waals surface area contributed by atoms with Crippen molar-refractivity contribution in [3.05, 3.63) is 29.8 Å². The van der Waals surface area contributed by atoms with Crippen LogP contribution in [0.5, 0.6) is 0 Å². The molecule has 1 N–H and O–H groups in total. The fraction of sp³-hybridized carbons (Fsp3) is 0.500. The third-order valence-electron chi connectivity index (χ3n) is 3.87. The minimum atomic E-state index is 0.415. The van der Waals surface area contributed by atoms with Gasteiger partial charge in [0, 0.05) is 32.3 Å². The first-order valence-electron chi connectivity index (χ1n) is 6.93. The standard InChI is InChI=1S/C14H19N5O/c1-20-12-6-8-19(9-7-12)10-11-4-2-3-5-13(11)14-15-17-18-16-14/h2-5,12H,6-10H2,1H3,(H,15,16,17,18). The Hall–Kier alpha value is -1.79. The average Bonchev–Trinajstić information content (AvgIpc) is 3.03. The molecule has 6 heteroatoms. The Kier molecular flexibility index (Phi) is 4.03. The van der Waals surface area contributed by atoms with Gasteiger partial charge in [-0.2, -0.15) is 5.21 Å². The molecule has 3 rings (SSSR count). The molecule has 1 fully saturated rings. The van der Waals surface area contributed by atoms with Crippen molar-refractivity contribution in [3.63, 3.8) is 0 Å². The van der Waals surface area contributed by atoms with Crippen LogP contribution in [0.1, 0.15) is 18.4 Å². The second-order valence-electron chi connectivity index (χ2n) is 5.10. The number of rotatable bonds is 4. The summed E-state index contributed by atoms with van der Waals surface area (Å²) in [4.78, 5) is 2.45. The number of tetrazole rings is 1. The Morgan fingerprint density at radius 1 is 1.30 bits per heavy atom. The Balaban J connectivity index is 1.72. The van der Waals surface area contributed by atoms with Crippen LogP contribution in [0.15, 0.2) is 24.3 Å². The number of nitrogens with one attached hydrogen (secondary N) is 1. The Bertz CT molecular complexity index is 534. The summed E-state index contributed by atoms with van der Waals surface area (Å²) in [5.74, 6) is 0.660. The van der Waals surface area contributed by atoms with Crippen molar-refractivity contribution < 1.29 is 4.74 Å². The summed E-state index contributed by atoms with van der Waals surface area (Å²) in [5.41, 5.74) is 2.29. The third-order valence-corrected chi connectivity index (χ3v) is 3.87. The molecule has 0 saturated carbocycles. The SMILES string of the molecule is COC1CCN(Cc2ccccc2-c2nn[nH]n2)CC1. The predicted octanol–water partition coefficient (Wildman–Crippen LogP) is 1.48. The van der Waals surface area contributed by atoms with Gasteiger partial charge in [0.25, 0.3) is 0 Å². The molecule has 0 aliphatic carbocycles. The van der Waals surface area contributed by atoms with Gasteiger partial charge >= 0.3 is 0 Å². The van der Waals surface area contributed by atoms with Crippen LogP contribution in [0.3, 0.4) is 0 Å². The van der Waals surface area contributed by atoms with Crippen LogP contribution in [0.25, 0.3) is 11.4 Å². The Morgan fingerprint density at radius 3 is 2.80 bits per heavy atom. The Labute approximate surface area is 118 Å². The zero-order valence-electron chi connectivity index (χ0n) is 11.6. The Morgan fingerprint density at radius 2 is 2.10 bits per heavy atom. The van der Waals surface area contributed by atoms with E-state index in [9.17, 15) is 0 Å². The van der Waals surface area contributed by atoms with E-state index in [-0.39, 0.29) is 0 Å². The van der Waals surface area contributed by atoms with Crippen molar-refractivity contribution in [3.8, 4) is 11.4 Å². The van der Waals surface area contributed by atoms with Gasteiger partial charge in [0.15, 0.2) is 0 Å². The van der Waals surface area contributed by atoms with E-state index in [1.807, 2.05) is 12.1 Å². The van der Waals surface area contributed by atoms with Gasteiger partial charge in [-0.15, -0.1) is 10.2 Å². The van der Waals surface area contributed by atoms with Gasteiger partial charge in [-0.1, -0.05) is 24.3 Å². The van der Waals surface area contributed by atoms with Gasteiger partial charge in [-0.05, 0) is 23.6 Å². The molecule has 106 valence electrons. The summed E-state index contributed by atoms with van der Waals surface area (Å²) in [6, 6.07) is 8.24. The van der Waals surface area contributed by atoms with E-state index in [1.165, 1.54) is 5.56 Å². The molecule has 2 aromatic rings. The maximum absolute atomic E-state index is 5.41. The summed E-state index contributed by atoms with van der Waals surface area (Å²) < 4.78 is 5.41. The highest BCUT2D eigenvalue weighted by Gasteiger charge is 2.20. The van der Waals surface area contributed by atoms with Crippen LogP contribution in [0.4, 0.5) is 0 Å². The largest absolute Gasteiger partial charge is 0.381 e. The number of hydrogen-bond donors (Lipinski definition) is 1. The molecule has 1 aromatic carbocycles. The summed E-state index contributed by atoms with van der Waals surface area (Å²) in [6.45, 7) is 3.05. The number of hydrogen-bond acceptors (Lipinski definition) is 5. The van der Waals surface area contributed by atoms with Gasteiger partial charge in [0.2, 0.25) is 5.82 Å². The summed E-state index contributed by atoms with van der Waals surface area (Å²) in [7, 11) is 1.80. The van der Waals surface area contributed by atoms with Crippen molar-refractivity contribution in [2.75, 3.05) is 20.2 Å². The second kappa shape index (κ2) is 6.11. The van der Waals surface area contributed by atoms with Crippen molar-refractivity contribution in [1.29, 1.82) is 0 Å². The zero-order valence-corrected chi connectivity index (χ0v) is 11.6. The molecule has 1 aliphatic rings. The lowest BCUT2D eigenvalue weighted by atomic mass is 10.0. The van der Waals surface area contributed by atoms with Crippen LogP contribution >= 0.6 is 0 Å². The highest BCUT2D eigenvalue weighted by molar-refractivity contribution is 5.59. The number of ether oxygens (including phenoxy) is 1. The number of aromatic amines is 1. The second-order valence-corrected chi connectivity index (χ2v) is 5.10. The summed E-state index contributed by atoms with van der Waals surface area (Å²) in [5, 5.41) is 14.3. The molecule has 0 radical (unpaired) electrons. The number of nitrogens with zero attached hydrogens (tertiary/aromatic N) is 4. The number of aromatic nitrogens is 4. The minimum absolute atomic E-state index is 0.415. The lowest BCUT2D eigenvalue weighted by molar-refractivity contribution is 0.0389. The first-order chi connectivity index (χ1) is 9.86. The maximum atomic E-state index is 5.41. The molecule has 2 heterocycles. The molecule has 1 saturated heterocycles. The fourth-order valence-corrected chi connectivity index (χ4v) is 2.70. The number of likely N-dealkylation sites (tertiary alicyclic amines) is 1. The monoisotopic (exact) mass is 273 g/mol. The zero-order chi connectivity index (χ0) is 13.8. The lowest BCUT2D eigenvalue weighted by Crippen LogP contribution is -2.36. The molecule has 6 nitrogen and oxygen atoms in total. The molecule has 20 heavy (non-hydrogen) atoms. The molecule has 1 aliphatic heterocycles. The summed E-state index contributed by atoms with van der Waals surface area (Å²) in [6.07, 6.45) is 2.61. The molecule has 0 amide bonds. The smallest absolute Gasteiger partial charge is 0.204 e. The maximum Gasteiger partial charge on any atom is 0.204 e. The molecular formula is C14H19N5O. The van der Waals surface area contributed by atoms with Crippen molar-refractivity contribution >= 4 is 0 Å². The van der Waals surface area contributed by atoms with Gasteiger partial charge in [-0.25, -0.2) is 0 Å². The van der Waals surface area contributed by atoms with E-state index in [0.717, 1.165) is 38.0 Å². The van der Waals surface area contributed by atoms with Crippen molar-refractivity contribution in [1.82, 2.24) is 25.5 Å². The quantitative estimate of drug-likeness (QED) is 0.914. The highest BCUT2D eigenvalue weighted by Crippen LogP contribution is 2.22. The van der Waals surface area contributed by atoms with Gasteiger partial charge in [0.05, 0.1) is 6.10 Å². The van der Waals surface area contributed by atoms with Gasteiger partial charge < -0.3 is 4.74 Å². The van der Waals surface area contributed by atoms with E-state index in [0.29, 0.717) is 11.9 Å². The van der Waals surface area contributed by atoms with E-state index >= 15 is 0 Å². The normalized spacial score (nSPS) is 17.4. The minimum Gasteiger partial charge on any atom is -0.381 e. The third kappa shape index (κ3) is 2.86. The number of piperidine rings is 1. The number of benzene rings is 1. The molecule has 0 spiro atoms. The lowest BCUT2D eigenvalue weighted by Gasteiger charge is -2.31. The first-order valence-corrected chi connectivity index (χ1v) is 6.93. The molecule has 0 unspecified atom stereocenters. The molecule has 1 aromatic heterocycles. The van der Waals surface area contributed by atoms with Gasteiger partial charge in [0.1, 0.15) is 0 Å². The van der Waals surface area contributed by atoms with Crippen LogP contribution < -0.4 is 0 Å². The molecule has 0 bridgehead atoms. The average molecular weight is 273 g/mol. The number of methoxy groups -OCH3 is 1. The molecule has 0 atom stereocenters. The van der Waals surface area contributed by atoms with E-state index in [1.54, 1.807) is 7.11 Å². The molecular weight excluding hydrogens is 254 g/mol. The van der Waals surface area contributed by atoms with Crippen LogP contribution in [-0.2, 0) is 11.3 Å². The van der Waals surface area contributed by atoms with Crippen LogP contribution in [0.2, 0.25) is 0 Å². The predicted molar refractivity (Wildman–Crippen MR) is 74.9 cm³/mol. The van der Waals surface area contributed by atoms with Crippen LogP contribution in [-0.4, -0.2) is 51.8 Å². The fourth-order valence-electron chi connectivity index (χ4n) is 2.70. The van der Waals surface area contributed by atoms with E-state index in [2.05, 4.69) is 37.7 Å². The van der Waals surface area contributed by atoms with Crippen molar-refractivity contribution in [2.24, 2.45) is 0 Å². The van der Waals surface area contributed by atoms with Crippen molar-refractivity contribution in [2.45, 2.75) is 25.5 Å².